The van der Waals surface area contributed by atoms with Crippen molar-refractivity contribution in [1.29, 1.82) is 0 Å². The van der Waals surface area contributed by atoms with E-state index in [1.165, 1.54) is 7.11 Å². The summed E-state index contributed by atoms with van der Waals surface area (Å²) >= 11 is 0. The average Bonchev–Trinajstić information content (AvgIpc) is 2.99. The highest BCUT2D eigenvalue weighted by Crippen LogP contribution is 2.28. The Balaban J connectivity index is 1.64. The van der Waals surface area contributed by atoms with E-state index in [1.54, 1.807) is 24.3 Å². The highest BCUT2D eigenvalue weighted by atomic mass is 16.6. The summed E-state index contributed by atoms with van der Waals surface area (Å²) in [6.07, 6.45) is 0.191. The fraction of sp³-hybridized carbons (Fsp3) is 0.238. The second-order valence-electron chi connectivity index (χ2n) is 6.04. The maximum atomic E-state index is 12.4. The van der Waals surface area contributed by atoms with Crippen LogP contribution in [0.4, 0.5) is 0 Å². The molecule has 3 rings (SSSR count). The number of para-hydroxylation sites is 2. The molecule has 0 saturated carbocycles. The zero-order chi connectivity index (χ0) is 19.2. The number of ether oxygens (including phenoxy) is 3. The number of carbonyl (C=O) groups is 2. The number of Topliss-reactive ketones (excluding diaryl/α,β-unsaturated/α-hetero) is 1. The maximum absolute atomic E-state index is 12.4. The third-order valence-corrected chi connectivity index (χ3v) is 4.26. The predicted molar refractivity (Wildman–Crippen MR) is 97.8 cm³/mol. The lowest BCUT2D eigenvalue weighted by molar-refractivity contribution is -0.141. The van der Waals surface area contributed by atoms with Gasteiger partial charge in [-0.2, -0.15) is 0 Å². The van der Waals surface area contributed by atoms with Crippen molar-refractivity contribution in [2.24, 2.45) is 0 Å². The Labute approximate surface area is 157 Å². The summed E-state index contributed by atoms with van der Waals surface area (Å²) in [6.45, 7) is -0.403. The Morgan fingerprint density at radius 3 is 2.44 bits per heavy atom. The Bertz CT molecular complexity index is 856. The number of cyclic esters (lactones) is 1. The maximum Gasteiger partial charge on any atom is 0.346 e. The number of rotatable bonds is 8. The standard InChI is InChI=1S/C21H20O6/c1-25-16-9-5-6-10-17(16)26-13-15(22)19-20(23)18(27-21(19)24)12-11-14-7-3-2-4-8-14/h2-10,18,23H,11-13H2,1H3. The van der Waals surface area contributed by atoms with E-state index in [2.05, 4.69) is 0 Å². The van der Waals surface area contributed by atoms with E-state index in [-0.39, 0.29) is 11.3 Å². The number of benzene rings is 2. The monoisotopic (exact) mass is 368 g/mol. The van der Waals surface area contributed by atoms with Gasteiger partial charge in [-0.3, -0.25) is 4.79 Å². The molecule has 1 N–H and O–H groups in total. The molecule has 2 aromatic rings. The third-order valence-electron chi connectivity index (χ3n) is 4.26. The molecule has 6 nitrogen and oxygen atoms in total. The summed E-state index contributed by atoms with van der Waals surface area (Å²) in [6, 6.07) is 16.5. The van der Waals surface area contributed by atoms with Crippen LogP contribution in [0.1, 0.15) is 12.0 Å². The first-order valence-electron chi connectivity index (χ1n) is 8.57. The molecule has 0 amide bonds. The molecule has 0 bridgehead atoms. The van der Waals surface area contributed by atoms with Gasteiger partial charge < -0.3 is 19.3 Å². The van der Waals surface area contributed by atoms with Gasteiger partial charge in [0.1, 0.15) is 5.57 Å². The van der Waals surface area contributed by atoms with Crippen LogP contribution in [0.2, 0.25) is 0 Å². The van der Waals surface area contributed by atoms with Gasteiger partial charge in [-0.25, -0.2) is 4.79 Å². The molecule has 1 aliphatic rings. The van der Waals surface area contributed by atoms with Gasteiger partial charge in [0.15, 0.2) is 30.0 Å². The van der Waals surface area contributed by atoms with Gasteiger partial charge >= 0.3 is 5.97 Å². The topological polar surface area (TPSA) is 82.1 Å². The number of hydrogen-bond donors (Lipinski definition) is 1. The molecule has 0 aliphatic carbocycles. The van der Waals surface area contributed by atoms with Crippen LogP contribution in [-0.2, 0) is 20.7 Å². The first-order valence-corrected chi connectivity index (χ1v) is 8.57. The zero-order valence-corrected chi connectivity index (χ0v) is 14.9. The second-order valence-corrected chi connectivity index (χ2v) is 6.04. The molecule has 1 unspecified atom stereocenters. The van der Waals surface area contributed by atoms with Gasteiger partial charge in [0.2, 0.25) is 5.78 Å². The van der Waals surface area contributed by atoms with Crippen molar-refractivity contribution in [3.05, 3.63) is 71.5 Å². The lowest BCUT2D eigenvalue weighted by Gasteiger charge is -2.10. The SMILES string of the molecule is COc1ccccc1OCC(=O)C1=C(O)C(CCc2ccccc2)OC1=O. The minimum Gasteiger partial charge on any atom is -0.507 e. The summed E-state index contributed by atoms with van der Waals surface area (Å²) < 4.78 is 15.7. The number of carbonyl (C=O) groups excluding carboxylic acids is 2. The van der Waals surface area contributed by atoms with E-state index in [0.29, 0.717) is 24.3 Å². The van der Waals surface area contributed by atoms with Crippen molar-refractivity contribution >= 4 is 11.8 Å². The molecule has 2 aromatic carbocycles. The van der Waals surface area contributed by atoms with Crippen molar-refractivity contribution in [3.63, 3.8) is 0 Å². The quantitative estimate of drug-likeness (QED) is 0.570. The molecule has 0 aromatic heterocycles. The smallest absolute Gasteiger partial charge is 0.346 e. The third kappa shape index (κ3) is 4.28. The van der Waals surface area contributed by atoms with Crippen molar-refractivity contribution in [2.45, 2.75) is 18.9 Å². The van der Waals surface area contributed by atoms with E-state index in [4.69, 9.17) is 14.2 Å². The lowest BCUT2D eigenvalue weighted by atomic mass is 10.0. The molecule has 6 heteroatoms. The highest BCUT2D eigenvalue weighted by molar-refractivity contribution is 6.19. The fourth-order valence-corrected chi connectivity index (χ4v) is 2.86. The molecule has 0 spiro atoms. The minimum absolute atomic E-state index is 0.329. The van der Waals surface area contributed by atoms with Crippen LogP contribution >= 0.6 is 0 Å². The van der Waals surface area contributed by atoms with Crippen LogP contribution in [-0.4, -0.2) is 36.7 Å². The van der Waals surface area contributed by atoms with Crippen LogP contribution in [0, 0.1) is 0 Å². The summed E-state index contributed by atoms with van der Waals surface area (Å²) in [5, 5.41) is 10.3. The number of esters is 1. The van der Waals surface area contributed by atoms with Crippen LogP contribution in [0.3, 0.4) is 0 Å². The Morgan fingerprint density at radius 1 is 1.07 bits per heavy atom. The molecule has 27 heavy (non-hydrogen) atoms. The van der Waals surface area contributed by atoms with E-state index < -0.39 is 24.5 Å². The molecule has 0 radical (unpaired) electrons. The minimum atomic E-state index is -0.820. The molecule has 1 aliphatic heterocycles. The van der Waals surface area contributed by atoms with Gasteiger partial charge in [-0.1, -0.05) is 42.5 Å². The highest BCUT2D eigenvalue weighted by Gasteiger charge is 2.38. The number of hydrogen-bond acceptors (Lipinski definition) is 6. The Kier molecular flexibility index (Phi) is 5.76. The molecule has 0 saturated heterocycles. The van der Waals surface area contributed by atoms with Crippen molar-refractivity contribution in [2.75, 3.05) is 13.7 Å². The lowest BCUT2D eigenvalue weighted by Crippen LogP contribution is -2.18. The average molecular weight is 368 g/mol. The molecule has 1 heterocycles. The van der Waals surface area contributed by atoms with Crippen LogP contribution in [0.5, 0.6) is 11.5 Å². The second kappa shape index (κ2) is 8.40. The Hall–Kier alpha value is -3.28. The van der Waals surface area contributed by atoms with Gasteiger partial charge in [0, 0.05) is 0 Å². The van der Waals surface area contributed by atoms with Crippen LogP contribution in [0.25, 0.3) is 0 Å². The molecule has 0 fully saturated rings. The normalized spacial score (nSPS) is 16.2. The van der Waals surface area contributed by atoms with Gasteiger partial charge in [0.25, 0.3) is 0 Å². The number of methoxy groups -OCH3 is 1. The number of aliphatic hydroxyl groups excluding tert-OH is 1. The van der Waals surface area contributed by atoms with Gasteiger partial charge in [0.05, 0.1) is 7.11 Å². The number of ketones is 1. The van der Waals surface area contributed by atoms with Gasteiger partial charge in [-0.15, -0.1) is 0 Å². The molecular formula is C21H20O6. The first-order chi connectivity index (χ1) is 13.1. The molecule has 140 valence electrons. The van der Waals surface area contributed by atoms with Crippen molar-refractivity contribution < 1.29 is 28.9 Å². The van der Waals surface area contributed by atoms with E-state index in [1.807, 2.05) is 30.3 Å². The van der Waals surface area contributed by atoms with Crippen molar-refractivity contribution in [1.82, 2.24) is 0 Å². The van der Waals surface area contributed by atoms with E-state index in [0.717, 1.165) is 5.56 Å². The first kappa shape index (κ1) is 18.5. The summed E-state index contributed by atoms with van der Waals surface area (Å²) in [5.74, 6) is -0.937. The number of aliphatic hydroxyl groups is 1. The number of aryl methyl sites for hydroxylation is 1. The van der Waals surface area contributed by atoms with Crippen LogP contribution < -0.4 is 9.47 Å². The predicted octanol–water partition coefficient (Wildman–Crippen LogP) is 3.01. The summed E-state index contributed by atoms with van der Waals surface area (Å²) in [5.41, 5.74) is 0.712. The largest absolute Gasteiger partial charge is 0.507 e. The summed E-state index contributed by atoms with van der Waals surface area (Å²) in [4.78, 5) is 24.4. The Morgan fingerprint density at radius 2 is 1.74 bits per heavy atom. The fourth-order valence-electron chi connectivity index (χ4n) is 2.86. The van der Waals surface area contributed by atoms with Crippen LogP contribution in [0.15, 0.2) is 65.9 Å². The molecule has 1 atom stereocenters. The van der Waals surface area contributed by atoms with Gasteiger partial charge in [-0.05, 0) is 30.5 Å². The summed E-state index contributed by atoms with van der Waals surface area (Å²) in [7, 11) is 1.49. The molecular weight excluding hydrogens is 348 g/mol. The van der Waals surface area contributed by atoms with Crippen molar-refractivity contribution in [3.8, 4) is 11.5 Å². The zero-order valence-electron chi connectivity index (χ0n) is 14.9. The van der Waals surface area contributed by atoms with E-state index >= 15 is 0 Å². The van der Waals surface area contributed by atoms with E-state index in [9.17, 15) is 14.7 Å².